The molecule has 0 atom stereocenters. The lowest BCUT2D eigenvalue weighted by Gasteiger charge is -2.07. The minimum atomic E-state index is 0.768. The van der Waals surface area contributed by atoms with Crippen LogP contribution in [0.15, 0.2) is 12.7 Å². The minimum absolute atomic E-state index is 0.768. The van der Waals surface area contributed by atoms with Gasteiger partial charge < -0.3 is 19.8 Å². The second-order valence-electron chi connectivity index (χ2n) is 6.74. The highest BCUT2D eigenvalue weighted by molar-refractivity contribution is 5.83. The highest BCUT2D eigenvalue weighted by Gasteiger charge is 2.12. The van der Waals surface area contributed by atoms with E-state index in [-0.39, 0.29) is 0 Å². The van der Waals surface area contributed by atoms with Gasteiger partial charge in [-0.25, -0.2) is 29.9 Å². The van der Waals surface area contributed by atoms with Crippen molar-refractivity contribution in [2.24, 2.45) is 14.1 Å². The third-order valence-corrected chi connectivity index (χ3v) is 4.74. The van der Waals surface area contributed by atoms with Crippen LogP contribution >= 0.6 is 0 Å². The normalized spacial score (nSPS) is 11.4. The van der Waals surface area contributed by atoms with Gasteiger partial charge in [0.05, 0.1) is 12.7 Å². The van der Waals surface area contributed by atoms with E-state index < -0.39 is 0 Å². The van der Waals surface area contributed by atoms with Crippen LogP contribution in [0.4, 0.5) is 11.6 Å². The van der Waals surface area contributed by atoms with Crippen molar-refractivity contribution in [3.63, 3.8) is 0 Å². The molecule has 10 heteroatoms. The Morgan fingerprint density at radius 1 is 0.714 bits per heavy atom. The molecule has 0 aliphatic heterocycles. The van der Waals surface area contributed by atoms with Gasteiger partial charge in [0.25, 0.3) is 0 Å². The topological polar surface area (TPSA) is 111 Å². The standard InChI is InChI=1S/C18H24N10/c1-19-15-13-17(27(3)9-21-13)25-11(23-15)7-5-6-8-12-24-16(20-2)14-18(26-12)28(4)10-22-14/h9-10H,5-8H2,1-4H3,(H,19,23,25)(H,20,24,26). The van der Waals surface area contributed by atoms with E-state index in [4.69, 9.17) is 0 Å². The summed E-state index contributed by atoms with van der Waals surface area (Å²) in [6.45, 7) is 0. The molecule has 10 nitrogen and oxygen atoms in total. The van der Waals surface area contributed by atoms with Crippen molar-refractivity contribution in [1.29, 1.82) is 0 Å². The number of hydrogen-bond donors (Lipinski definition) is 2. The molecule has 0 saturated heterocycles. The summed E-state index contributed by atoms with van der Waals surface area (Å²) in [4.78, 5) is 27.2. The summed E-state index contributed by atoms with van der Waals surface area (Å²) in [6.07, 6.45) is 7.01. The molecule has 28 heavy (non-hydrogen) atoms. The number of imidazole rings is 2. The molecule has 4 rings (SSSR count). The Kier molecular flexibility index (Phi) is 4.76. The van der Waals surface area contributed by atoms with Crippen molar-refractivity contribution < 1.29 is 0 Å². The number of anilines is 2. The molecule has 4 aromatic rings. The minimum Gasteiger partial charge on any atom is -0.371 e. The second kappa shape index (κ2) is 7.37. The Morgan fingerprint density at radius 3 is 1.54 bits per heavy atom. The van der Waals surface area contributed by atoms with Crippen molar-refractivity contribution in [3.8, 4) is 0 Å². The first kappa shape index (κ1) is 18.1. The first-order valence-electron chi connectivity index (χ1n) is 9.32. The van der Waals surface area contributed by atoms with Gasteiger partial charge >= 0.3 is 0 Å². The van der Waals surface area contributed by atoms with Gasteiger partial charge in [0.15, 0.2) is 22.9 Å². The van der Waals surface area contributed by atoms with Crippen LogP contribution in [0.2, 0.25) is 0 Å². The highest BCUT2D eigenvalue weighted by Crippen LogP contribution is 2.20. The van der Waals surface area contributed by atoms with E-state index in [0.29, 0.717) is 0 Å². The van der Waals surface area contributed by atoms with Gasteiger partial charge in [-0.15, -0.1) is 0 Å². The fourth-order valence-corrected chi connectivity index (χ4v) is 3.24. The molecule has 146 valence electrons. The van der Waals surface area contributed by atoms with E-state index >= 15 is 0 Å². The summed E-state index contributed by atoms with van der Waals surface area (Å²) in [5.41, 5.74) is 3.29. The predicted molar refractivity (Wildman–Crippen MR) is 108 cm³/mol. The van der Waals surface area contributed by atoms with Gasteiger partial charge in [0.2, 0.25) is 0 Å². The summed E-state index contributed by atoms with van der Waals surface area (Å²) in [5, 5.41) is 6.22. The van der Waals surface area contributed by atoms with Crippen LogP contribution in [0.1, 0.15) is 24.5 Å². The SMILES string of the molecule is CNc1nc(CCCCc2nc(NC)c3ncn(C)c3n2)nc2c1ncn2C. The van der Waals surface area contributed by atoms with Gasteiger partial charge in [0.1, 0.15) is 22.7 Å². The number of nitrogens with one attached hydrogen (secondary N) is 2. The average molecular weight is 380 g/mol. The molecule has 0 aliphatic rings. The van der Waals surface area contributed by atoms with Gasteiger partial charge in [-0.1, -0.05) is 0 Å². The Hall–Kier alpha value is -3.30. The van der Waals surface area contributed by atoms with Crippen LogP contribution in [0.25, 0.3) is 22.3 Å². The molecule has 0 saturated carbocycles. The van der Waals surface area contributed by atoms with E-state index in [1.807, 2.05) is 37.3 Å². The maximum atomic E-state index is 4.66. The fraction of sp³-hybridized carbons (Fsp3) is 0.444. The number of rotatable bonds is 7. The molecule has 0 bridgehead atoms. The van der Waals surface area contributed by atoms with Crippen molar-refractivity contribution in [3.05, 3.63) is 24.3 Å². The summed E-state index contributed by atoms with van der Waals surface area (Å²) >= 11 is 0. The van der Waals surface area contributed by atoms with E-state index in [0.717, 1.165) is 71.3 Å². The number of fused-ring (bicyclic) bond motifs is 2. The Bertz CT molecular complexity index is 1040. The first-order valence-corrected chi connectivity index (χ1v) is 9.32. The zero-order chi connectivity index (χ0) is 19.7. The molecule has 2 N–H and O–H groups in total. The van der Waals surface area contributed by atoms with Crippen LogP contribution in [0.3, 0.4) is 0 Å². The molecule has 0 spiro atoms. The van der Waals surface area contributed by atoms with E-state index in [1.165, 1.54) is 0 Å². The third-order valence-electron chi connectivity index (χ3n) is 4.74. The summed E-state index contributed by atoms with van der Waals surface area (Å²) in [7, 11) is 7.59. The average Bonchev–Trinajstić information content (AvgIpc) is 3.27. The lowest BCUT2D eigenvalue weighted by molar-refractivity contribution is 0.689. The van der Waals surface area contributed by atoms with Crippen molar-refractivity contribution in [2.45, 2.75) is 25.7 Å². The molecule has 0 fully saturated rings. The third kappa shape index (κ3) is 3.21. The number of aryl methyl sites for hydroxylation is 4. The highest BCUT2D eigenvalue weighted by atomic mass is 15.1. The summed E-state index contributed by atoms with van der Waals surface area (Å²) < 4.78 is 3.83. The van der Waals surface area contributed by atoms with Crippen LogP contribution in [0.5, 0.6) is 0 Å². The lowest BCUT2D eigenvalue weighted by Crippen LogP contribution is -2.05. The smallest absolute Gasteiger partial charge is 0.165 e. The van der Waals surface area contributed by atoms with Crippen LogP contribution in [0, 0.1) is 0 Å². The van der Waals surface area contributed by atoms with Gasteiger partial charge in [-0.3, -0.25) is 0 Å². The quantitative estimate of drug-likeness (QED) is 0.466. The fourth-order valence-electron chi connectivity index (χ4n) is 3.24. The molecular weight excluding hydrogens is 356 g/mol. The zero-order valence-corrected chi connectivity index (χ0v) is 16.6. The maximum absolute atomic E-state index is 4.66. The van der Waals surface area contributed by atoms with Crippen molar-refractivity contribution in [2.75, 3.05) is 24.7 Å². The first-order chi connectivity index (χ1) is 13.6. The molecule has 0 amide bonds. The summed E-state index contributed by atoms with van der Waals surface area (Å²) in [6, 6.07) is 0. The van der Waals surface area contributed by atoms with Crippen LogP contribution in [-0.2, 0) is 26.9 Å². The molecule has 4 heterocycles. The van der Waals surface area contributed by atoms with Crippen LogP contribution < -0.4 is 10.6 Å². The lowest BCUT2D eigenvalue weighted by atomic mass is 10.1. The Labute approximate surface area is 162 Å². The molecular formula is C18H24N10. The number of hydrogen-bond acceptors (Lipinski definition) is 8. The van der Waals surface area contributed by atoms with Gasteiger partial charge in [0, 0.05) is 41.0 Å². The Morgan fingerprint density at radius 2 is 1.14 bits per heavy atom. The molecule has 0 unspecified atom stereocenters. The second-order valence-corrected chi connectivity index (χ2v) is 6.74. The largest absolute Gasteiger partial charge is 0.371 e. The van der Waals surface area contributed by atoms with Gasteiger partial charge in [-0.05, 0) is 12.8 Å². The van der Waals surface area contributed by atoms with Crippen molar-refractivity contribution in [1.82, 2.24) is 39.0 Å². The number of unbranched alkanes of at least 4 members (excludes halogenated alkanes) is 1. The molecule has 4 aromatic heterocycles. The molecule has 0 radical (unpaired) electrons. The van der Waals surface area contributed by atoms with E-state index in [9.17, 15) is 0 Å². The predicted octanol–water partition coefficient (Wildman–Crippen LogP) is 1.69. The Balaban J connectivity index is 1.45. The summed E-state index contributed by atoms with van der Waals surface area (Å²) in [5.74, 6) is 3.17. The molecule has 0 aromatic carbocycles. The van der Waals surface area contributed by atoms with Crippen LogP contribution in [-0.4, -0.2) is 53.1 Å². The maximum Gasteiger partial charge on any atom is 0.165 e. The van der Waals surface area contributed by atoms with Crippen molar-refractivity contribution >= 4 is 34.0 Å². The van der Waals surface area contributed by atoms with E-state index in [1.54, 1.807) is 12.7 Å². The van der Waals surface area contributed by atoms with Gasteiger partial charge in [-0.2, -0.15) is 0 Å². The van der Waals surface area contributed by atoms with E-state index in [2.05, 4.69) is 40.5 Å². The zero-order valence-electron chi connectivity index (χ0n) is 16.6. The monoisotopic (exact) mass is 380 g/mol. The molecule has 0 aliphatic carbocycles. The number of nitrogens with zero attached hydrogens (tertiary/aromatic N) is 8. The number of aromatic nitrogens is 8.